The SMILES string of the molecule is CC(CCC(=O)O)CNC(=O)NC(C)c1ncc[nH]1. The summed E-state index contributed by atoms with van der Waals surface area (Å²) in [6.45, 7) is 4.18. The fraction of sp³-hybridized carbons (Fsp3) is 0.583. The predicted molar refractivity (Wildman–Crippen MR) is 69.6 cm³/mol. The van der Waals surface area contributed by atoms with E-state index in [1.54, 1.807) is 12.4 Å². The molecule has 1 aromatic rings. The average Bonchev–Trinajstić information content (AvgIpc) is 2.87. The first-order chi connectivity index (χ1) is 8.99. The van der Waals surface area contributed by atoms with Crippen molar-refractivity contribution in [1.82, 2.24) is 20.6 Å². The van der Waals surface area contributed by atoms with Gasteiger partial charge in [0.2, 0.25) is 0 Å². The number of imidazole rings is 1. The molecule has 1 aromatic heterocycles. The van der Waals surface area contributed by atoms with Gasteiger partial charge in [0.1, 0.15) is 5.82 Å². The largest absolute Gasteiger partial charge is 0.481 e. The van der Waals surface area contributed by atoms with Gasteiger partial charge in [-0.25, -0.2) is 9.78 Å². The fourth-order valence-corrected chi connectivity index (χ4v) is 1.57. The molecule has 2 unspecified atom stereocenters. The number of carbonyl (C=O) groups excluding carboxylic acids is 1. The van der Waals surface area contributed by atoms with Crippen molar-refractivity contribution >= 4 is 12.0 Å². The van der Waals surface area contributed by atoms with E-state index in [2.05, 4.69) is 20.6 Å². The zero-order valence-corrected chi connectivity index (χ0v) is 11.1. The van der Waals surface area contributed by atoms with Crippen LogP contribution in [0.2, 0.25) is 0 Å². The third-order valence-electron chi connectivity index (χ3n) is 2.74. The molecular weight excluding hydrogens is 248 g/mol. The lowest BCUT2D eigenvalue weighted by molar-refractivity contribution is -0.137. The van der Waals surface area contributed by atoms with Gasteiger partial charge in [-0.1, -0.05) is 6.92 Å². The molecule has 1 heterocycles. The highest BCUT2D eigenvalue weighted by Crippen LogP contribution is 2.06. The number of urea groups is 1. The lowest BCUT2D eigenvalue weighted by atomic mass is 10.1. The highest BCUT2D eigenvalue weighted by atomic mass is 16.4. The summed E-state index contributed by atoms with van der Waals surface area (Å²) in [5.41, 5.74) is 0. The summed E-state index contributed by atoms with van der Waals surface area (Å²) >= 11 is 0. The van der Waals surface area contributed by atoms with E-state index in [1.807, 2.05) is 13.8 Å². The Balaban J connectivity index is 2.22. The minimum Gasteiger partial charge on any atom is -0.481 e. The standard InChI is InChI=1S/C12H20N4O3/c1-8(3-4-10(17)18)7-15-12(19)16-9(2)11-13-5-6-14-11/h5-6,8-9H,3-4,7H2,1-2H3,(H,13,14)(H,17,18)(H2,15,16,19). The molecule has 0 radical (unpaired) electrons. The number of H-pyrrole nitrogens is 1. The Hall–Kier alpha value is -2.05. The molecule has 0 aromatic carbocycles. The maximum Gasteiger partial charge on any atom is 0.315 e. The normalized spacial score (nSPS) is 13.6. The smallest absolute Gasteiger partial charge is 0.315 e. The van der Waals surface area contributed by atoms with Gasteiger partial charge in [-0.2, -0.15) is 0 Å². The number of hydrogen-bond acceptors (Lipinski definition) is 3. The van der Waals surface area contributed by atoms with Gasteiger partial charge in [0.15, 0.2) is 0 Å². The fourth-order valence-electron chi connectivity index (χ4n) is 1.57. The Morgan fingerprint density at radius 2 is 2.21 bits per heavy atom. The van der Waals surface area contributed by atoms with Crippen LogP contribution in [0, 0.1) is 5.92 Å². The van der Waals surface area contributed by atoms with Gasteiger partial charge in [-0.05, 0) is 19.3 Å². The topological polar surface area (TPSA) is 107 Å². The van der Waals surface area contributed by atoms with Gasteiger partial charge >= 0.3 is 12.0 Å². The molecule has 0 bridgehead atoms. The second kappa shape index (κ2) is 7.40. The van der Waals surface area contributed by atoms with E-state index in [1.165, 1.54) is 0 Å². The van der Waals surface area contributed by atoms with E-state index in [4.69, 9.17) is 5.11 Å². The third kappa shape index (κ3) is 5.89. The first-order valence-corrected chi connectivity index (χ1v) is 6.24. The Morgan fingerprint density at radius 3 is 2.79 bits per heavy atom. The van der Waals surface area contributed by atoms with Crippen molar-refractivity contribution < 1.29 is 14.7 Å². The van der Waals surface area contributed by atoms with Gasteiger partial charge in [-0.3, -0.25) is 4.79 Å². The Morgan fingerprint density at radius 1 is 1.47 bits per heavy atom. The molecule has 0 saturated carbocycles. The van der Waals surface area contributed by atoms with Crippen LogP contribution in [0.1, 0.15) is 38.6 Å². The number of carboxylic acid groups (broad SMARTS) is 1. The maximum absolute atomic E-state index is 11.6. The Bertz CT molecular complexity index is 405. The summed E-state index contributed by atoms with van der Waals surface area (Å²) in [5.74, 6) is -0.00223. The first kappa shape index (κ1) is 15.0. The van der Waals surface area contributed by atoms with Gasteiger partial charge in [0.05, 0.1) is 6.04 Å². The van der Waals surface area contributed by atoms with Crippen molar-refractivity contribution in [3.63, 3.8) is 0 Å². The number of carbonyl (C=O) groups is 2. The van der Waals surface area contributed by atoms with Crippen molar-refractivity contribution in [3.05, 3.63) is 18.2 Å². The van der Waals surface area contributed by atoms with Crippen LogP contribution in [-0.4, -0.2) is 33.6 Å². The summed E-state index contributed by atoms with van der Waals surface area (Å²) in [6.07, 6.45) is 3.98. The molecule has 0 aliphatic carbocycles. The van der Waals surface area contributed by atoms with Crippen LogP contribution in [0.3, 0.4) is 0 Å². The number of aliphatic carboxylic acids is 1. The summed E-state index contributed by atoms with van der Waals surface area (Å²) in [5, 5.41) is 14.0. The van der Waals surface area contributed by atoms with Crippen LogP contribution in [0.5, 0.6) is 0 Å². The molecule has 0 fully saturated rings. The van der Waals surface area contributed by atoms with Crippen molar-refractivity contribution in [2.24, 2.45) is 5.92 Å². The van der Waals surface area contributed by atoms with Crippen molar-refractivity contribution in [3.8, 4) is 0 Å². The van der Waals surface area contributed by atoms with Crippen molar-refractivity contribution in [1.29, 1.82) is 0 Å². The van der Waals surface area contributed by atoms with Crippen LogP contribution in [0.4, 0.5) is 4.79 Å². The van der Waals surface area contributed by atoms with Crippen molar-refractivity contribution in [2.45, 2.75) is 32.7 Å². The minimum absolute atomic E-state index is 0.118. The number of amides is 2. The van der Waals surface area contributed by atoms with Crippen LogP contribution in [0.15, 0.2) is 12.4 Å². The van der Waals surface area contributed by atoms with Crippen molar-refractivity contribution in [2.75, 3.05) is 6.54 Å². The highest BCUT2D eigenvalue weighted by molar-refractivity contribution is 5.74. The van der Waals surface area contributed by atoms with Crippen LogP contribution >= 0.6 is 0 Å². The first-order valence-electron chi connectivity index (χ1n) is 6.24. The quantitative estimate of drug-likeness (QED) is 0.597. The van der Waals surface area contributed by atoms with Gasteiger partial charge in [-0.15, -0.1) is 0 Å². The predicted octanol–water partition coefficient (Wildman–Crippen LogP) is 1.27. The van der Waals surface area contributed by atoms with Gasteiger partial charge < -0.3 is 20.7 Å². The monoisotopic (exact) mass is 268 g/mol. The zero-order chi connectivity index (χ0) is 14.3. The molecule has 2 amide bonds. The molecule has 4 N–H and O–H groups in total. The Labute approximate surface area is 111 Å². The molecular formula is C12H20N4O3. The average molecular weight is 268 g/mol. The number of nitrogens with zero attached hydrogens (tertiary/aromatic N) is 1. The summed E-state index contributed by atoms with van der Waals surface area (Å²) in [4.78, 5) is 29.0. The van der Waals surface area contributed by atoms with Gasteiger partial charge in [0.25, 0.3) is 0 Å². The lowest BCUT2D eigenvalue weighted by Crippen LogP contribution is -2.39. The number of hydrogen-bond donors (Lipinski definition) is 4. The highest BCUT2D eigenvalue weighted by Gasteiger charge is 2.12. The molecule has 7 nitrogen and oxygen atoms in total. The second-order valence-corrected chi connectivity index (χ2v) is 4.59. The van der Waals surface area contributed by atoms with E-state index in [9.17, 15) is 9.59 Å². The molecule has 19 heavy (non-hydrogen) atoms. The molecule has 0 spiro atoms. The van der Waals surface area contributed by atoms with Gasteiger partial charge in [0, 0.05) is 25.4 Å². The molecule has 0 aliphatic heterocycles. The number of aromatic nitrogens is 2. The molecule has 0 saturated heterocycles. The van der Waals surface area contributed by atoms with Crippen LogP contribution < -0.4 is 10.6 Å². The van der Waals surface area contributed by atoms with Crippen LogP contribution in [0.25, 0.3) is 0 Å². The summed E-state index contributed by atoms with van der Waals surface area (Å²) < 4.78 is 0. The maximum atomic E-state index is 11.6. The minimum atomic E-state index is -0.817. The van der Waals surface area contributed by atoms with E-state index < -0.39 is 5.97 Å². The summed E-state index contributed by atoms with van der Waals surface area (Å²) in [6, 6.07) is -0.490. The summed E-state index contributed by atoms with van der Waals surface area (Å²) in [7, 11) is 0. The number of aromatic amines is 1. The number of nitrogens with one attached hydrogen (secondary N) is 3. The molecule has 106 valence electrons. The third-order valence-corrected chi connectivity index (χ3v) is 2.74. The van der Waals surface area contributed by atoms with E-state index in [-0.39, 0.29) is 24.4 Å². The zero-order valence-electron chi connectivity index (χ0n) is 11.1. The molecule has 1 rings (SSSR count). The van der Waals surface area contributed by atoms with E-state index in [0.717, 1.165) is 0 Å². The van der Waals surface area contributed by atoms with E-state index >= 15 is 0 Å². The Kier molecular flexibility index (Phi) is 5.84. The molecule has 7 heteroatoms. The number of carboxylic acids is 1. The molecule has 2 atom stereocenters. The molecule has 0 aliphatic rings. The lowest BCUT2D eigenvalue weighted by Gasteiger charge is -2.15. The van der Waals surface area contributed by atoms with E-state index in [0.29, 0.717) is 18.8 Å². The number of rotatable bonds is 7. The van der Waals surface area contributed by atoms with Crippen LogP contribution in [-0.2, 0) is 4.79 Å². The second-order valence-electron chi connectivity index (χ2n) is 4.59.